The number of carbonyl (C=O) groups excluding carboxylic acids is 2. The number of carbonyl (C=O) groups is 2. The van der Waals surface area contributed by atoms with Gasteiger partial charge in [0, 0.05) is 13.6 Å². The molecule has 37 heavy (non-hydrogen) atoms. The van der Waals surface area contributed by atoms with Gasteiger partial charge in [0.15, 0.2) is 0 Å². The predicted octanol–water partition coefficient (Wildman–Crippen LogP) is 4.19. The standard InChI is InChI=1S/C28H31N3O5S/c1-18-14-19(2)27(20(3)15-18)37(34,35)31-24-9-7-6-8-23(24)29-28(33)25(31)16-26(32)30(4)17-21-10-12-22(36-5)13-11-21/h6-15,25H,16-17H2,1-5H3,(H,29,33). The topological polar surface area (TPSA) is 96.0 Å². The zero-order valence-electron chi connectivity index (χ0n) is 21.6. The van der Waals surface area contributed by atoms with Gasteiger partial charge in [-0.05, 0) is 61.7 Å². The van der Waals surface area contributed by atoms with Gasteiger partial charge in [-0.15, -0.1) is 0 Å². The number of nitrogens with one attached hydrogen (secondary N) is 1. The number of para-hydroxylation sites is 2. The second-order valence-electron chi connectivity index (χ2n) is 9.35. The number of amides is 2. The number of benzene rings is 3. The van der Waals surface area contributed by atoms with Crippen molar-refractivity contribution in [2.45, 2.75) is 44.7 Å². The Morgan fingerprint density at radius 1 is 1.03 bits per heavy atom. The molecule has 1 aliphatic heterocycles. The third kappa shape index (κ3) is 5.17. The molecule has 0 aromatic heterocycles. The van der Waals surface area contributed by atoms with Gasteiger partial charge in [0.25, 0.3) is 10.0 Å². The van der Waals surface area contributed by atoms with Gasteiger partial charge in [0.2, 0.25) is 11.8 Å². The van der Waals surface area contributed by atoms with Crippen molar-refractivity contribution in [1.29, 1.82) is 0 Å². The number of rotatable bonds is 7. The van der Waals surface area contributed by atoms with Crippen LogP contribution in [0.5, 0.6) is 5.75 Å². The molecule has 9 heteroatoms. The minimum Gasteiger partial charge on any atom is -0.497 e. The maximum Gasteiger partial charge on any atom is 0.265 e. The van der Waals surface area contributed by atoms with Gasteiger partial charge in [-0.3, -0.25) is 13.9 Å². The predicted molar refractivity (Wildman–Crippen MR) is 143 cm³/mol. The number of anilines is 2. The van der Waals surface area contributed by atoms with Crippen LogP contribution in [0.25, 0.3) is 0 Å². The zero-order valence-corrected chi connectivity index (χ0v) is 22.4. The highest BCUT2D eigenvalue weighted by Gasteiger charge is 2.43. The Kier molecular flexibility index (Phi) is 7.27. The van der Waals surface area contributed by atoms with Gasteiger partial charge in [-0.25, -0.2) is 8.42 Å². The average Bonchev–Trinajstić information content (AvgIpc) is 2.83. The molecule has 1 heterocycles. The largest absolute Gasteiger partial charge is 0.497 e. The summed E-state index contributed by atoms with van der Waals surface area (Å²) in [5, 5.41) is 2.78. The van der Waals surface area contributed by atoms with E-state index >= 15 is 0 Å². The highest BCUT2D eigenvalue weighted by atomic mass is 32.2. The first-order valence-corrected chi connectivity index (χ1v) is 13.4. The Morgan fingerprint density at radius 2 is 1.65 bits per heavy atom. The Labute approximate surface area is 217 Å². The Morgan fingerprint density at radius 3 is 2.27 bits per heavy atom. The van der Waals surface area contributed by atoms with E-state index in [-0.39, 0.29) is 17.2 Å². The molecule has 0 spiro atoms. The van der Waals surface area contributed by atoms with E-state index in [1.54, 1.807) is 76.5 Å². The molecular formula is C28H31N3O5S. The molecule has 0 bridgehead atoms. The van der Waals surface area contributed by atoms with Gasteiger partial charge in [-0.2, -0.15) is 0 Å². The SMILES string of the molecule is COc1ccc(CN(C)C(=O)CC2C(=O)Nc3ccccc3N2S(=O)(=O)c2c(C)cc(C)cc2C)cc1. The fourth-order valence-electron chi connectivity index (χ4n) is 4.82. The highest BCUT2D eigenvalue weighted by molar-refractivity contribution is 7.93. The summed E-state index contributed by atoms with van der Waals surface area (Å²) >= 11 is 0. The van der Waals surface area contributed by atoms with E-state index < -0.39 is 22.0 Å². The molecule has 1 atom stereocenters. The van der Waals surface area contributed by atoms with Crippen LogP contribution in [-0.4, -0.2) is 45.3 Å². The molecule has 0 saturated heterocycles. The minimum atomic E-state index is -4.19. The number of aryl methyl sites for hydroxylation is 3. The molecular weight excluding hydrogens is 490 g/mol. The number of fused-ring (bicyclic) bond motifs is 1. The van der Waals surface area contributed by atoms with E-state index in [1.165, 1.54) is 4.90 Å². The summed E-state index contributed by atoms with van der Waals surface area (Å²) in [7, 11) is -0.972. The monoisotopic (exact) mass is 521 g/mol. The molecule has 0 fully saturated rings. The molecule has 4 rings (SSSR count). The smallest absolute Gasteiger partial charge is 0.265 e. The first-order valence-electron chi connectivity index (χ1n) is 11.9. The maximum absolute atomic E-state index is 14.2. The van der Waals surface area contributed by atoms with Gasteiger partial charge in [0.05, 0.1) is 29.8 Å². The van der Waals surface area contributed by atoms with Gasteiger partial charge >= 0.3 is 0 Å². The lowest BCUT2D eigenvalue weighted by atomic mass is 10.1. The first kappa shape index (κ1) is 26.2. The average molecular weight is 522 g/mol. The number of hydrogen-bond acceptors (Lipinski definition) is 5. The summed E-state index contributed by atoms with van der Waals surface area (Å²) in [6, 6.07) is 16.4. The molecule has 8 nitrogen and oxygen atoms in total. The molecule has 0 aliphatic carbocycles. The second-order valence-corrected chi connectivity index (χ2v) is 11.1. The van der Waals surface area contributed by atoms with Crippen molar-refractivity contribution in [1.82, 2.24) is 4.90 Å². The lowest BCUT2D eigenvalue weighted by molar-refractivity contribution is -0.132. The second kappa shape index (κ2) is 10.3. The van der Waals surface area contributed by atoms with Crippen LogP contribution in [0.1, 0.15) is 28.7 Å². The van der Waals surface area contributed by atoms with Crippen LogP contribution in [0, 0.1) is 20.8 Å². The number of sulfonamides is 1. The maximum atomic E-state index is 14.2. The summed E-state index contributed by atoms with van der Waals surface area (Å²) in [6.07, 6.45) is -0.310. The van der Waals surface area contributed by atoms with Crippen molar-refractivity contribution in [3.63, 3.8) is 0 Å². The molecule has 194 valence electrons. The van der Waals surface area contributed by atoms with Gasteiger partial charge in [0.1, 0.15) is 11.8 Å². The van der Waals surface area contributed by atoms with Crippen LogP contribution < -0.4 is 14.4 Å². The zero-order chi connectivity index (χ0) is 26.9. The minimum absolute atomic E-state index is 0.145. The molecule has 3 aromatic carbocycles. The first-order chi connectivity index (χ1) is 17.5. The van der Waals surface area contributed by atoms with E-state index in [2.05, 4.69) is 5.32 Å². The number of hydrogen-bond donors (Lipinski definition) is 1. The van der Waals surface area contributed by atoms with Crippen LogP contribution >= 0.6 is 0 Å². The summed E-state index contributed by atoms with van der Waals surface area (Å²) in [5.41, 5.74) is 3.71. The van der Waals surface area contributed by atoms with Crippen LogP contribution in [0.4, 0.5) is 11.4 Å². The summed E-state index contributed by atoms with van der Waals surface area (Å²) in [4.78, 5) is 28.2. The lowest BCUT2D eigenvalue weighted by Gasteiger charge is -2.37. The van der Waals surface area contributed by atoms with Crippen LogP contribution in [0.2, 0.25) is 0 Å². The quantitative estimate of drug-likeness (QED) is 0.503. The molecule has 1 N–H and O–H groups in total. The van der Waals surface area contributed by atoms with Crippen molar-refractivity contribution >= 4 is 33.2 Å². The third-order valence-electron chi connectivity index (χ3n) is 6.48. The van der Waals surface area contributed by atoms with Crippen molar-refractivity contribution in [2.24, 2.45) is 0 Å². The summed E-state index contributed by atoms with van der Waals surface area (Å²) < 4.78 is 34.6. The third-order valence-corrected chi connectivity index (χ3v) is 8.61. The fourth-order valence-corrected chi connectivity index (χ4v) is 6.87. The van der Waals surface area contributed by atoms with Gasteiger partial charge in [-0.1, -0.05) is 42.0 Å². The molecule has 0 radical (unpaired) electrons. The summed E-state index contributed by atoms with van der Waals surface area (Å²) in [5.74, 6) is -0.193. The fraction of sp³-hybridized carbons (Fsp3) is 0.286. The Hall–Kier alpha value is -3.85. The van der Waals surface area contributed by atoms with Crippen LogP contribution in [0.15, 0.2) is 65.6 Å². The van der Waals surface area contributed by atoms with Crippen molar-refractivity contribution in [3.8, 4) is 5.75 Å². The molecule has 2 amide bonds. The van der Waals surface area contributed by atoms with Crippen molar-refractivity contribution in [2.75, 3.05) is 23.8 Å². The Balaban J connectivity index is 1.70. The van der Waals surface area contributed by atoms with E-state index in [9.17, 15) is 18.0 Å². The van der Waals surface area contributed by atoms with Gasteiger partial charge < -0.3 is 15.0 Å². The summed E-state index contributed by atoms with van der Waals surface area (Å²) in [6.45, 7) is 5.69. The highest BCUT2D eigenvalue weighted by Crippen LogP contribution is 2.39. The number of methoxy groups -OCH3 is 1. The normalized spacial score (nSPS) is 15.1. The molecule has 0 saturated carbocycles. The van der Waals surface area contributed by atoms with Crippen molar-refractivity contribution in [3.05, 3.63) is 82.9 Å². The molecule has 1 unspecified atom stereocenters. The lowest BCUT2D eigenvalue weighted by Crippen LogP contribution is -2.53. The van der Waals surface area contributed by atoms with Crippen LogP contribution in [0.3, 0.4) is 0 Å². The molecule has 1 aliphatic rings. The van der Waals surface area contributed by atoms with E-state index in [0.29, 0.717) is 34.8 Å². The Bertz CT molecular complexity index is 1430. The van der Waals surface area contributed by atoms with E-state index in [1.807, 2.05) is 19.1 Å². The van der Waals surface area contributed by atoms with Crippen molar-refractivity contribution < 1.29 is 22.7 Å². The number of ether oxygens (including phenoxy) is 1. The molecule has 3 aromatic rings. The number of nitrogens with zero attached hydrogens (tertiary/aromatic N) is 2. The van der Waals surface area contributed by atoms with E-state index in [0.717, 1.165) is 15.4 Å². The van der Waals surface area contributed by atoms with Crippen LogP contribution in [-0.2, 0) is 26.2 Å². The van der Waals surface area contributed by atoms with E-state index in [4.69, 9.17) is 4.74 Å².